The van der Waals surface area contributed by atoms with Crippen molar-refractivity contribution in [1.29, 1.82) is 0 Å². The molecule has 5 nitrogen and oxygen atoms in total. The van der Waals surface area contributed by atoms with Gasteiger partial charge in [-0.05, 0) is 44.0 Å². The van der Waals surface area contributed by atoms with E-state index in [1.807, 2.05) is 55.5 Å². The van der Waals surface area contributed by atoms with Gasteiger partial charge in [-0.2, -0.15) is 0 Å². The van der Waals surface area contributed by atoms with E-state index in [0.29, 0.717) is 24.3 Å². The van der Waals surface area contributed by atoms with E-state index in [4.69, 9.17) is 4.74 Å². The summed E-state index contributed by atoms with van der Waals surface area (Å²) in [5, 5.41) is 5.74. The average molecular weight is 354 g/mol. The number of amides is 2. The number of hydrogen-bond acceptors (Lipinski definition) is 3. The third-order valence-electron chi connectivity index (χ3n) is 4.02. The maximum Gasteiger partial charge on any atom is 0.224 e. The summed E-state index contributed by atoms with van der Waals surface area (Å²) in [7, 11) is 1.58. The van der Waals surface area contributed by atoms with E-state index < -0.39 is 0 Å². The number of benzene rings is 2. The van der Waals surface area contributed by atoms with Crippen molar-refractivity contribution in [2.24, 2.45) is 0 Å². The fourth-order valence-corrected chi connectivity index (χ4v) is 2.57. The number of anilines is 2. The normalized spacial score (nSPS) is 10.2. The Morgan fingerprint density at radius 3 is 2.12 bits per heavy atom. The lowest BCUT2D eigenvalue weighted by Crippen LogP contribution is -2.12. The molecule has 0 radical (unpaired) electrons. The van der Waals surface area contributed by atoms with Crippen LogP contribution in [-0.2, 0) is 9.59 Å². The van der Waals surface area contributed by atoms with Gasteiger partial charge in [-0.15, -0.1) is 0 Å². The van der Waals surface area contributed by atoms with Crippen molar-refractivity contribution in [3.63, 3.8) is 0 Å². The highest BCUT2D eigenvalue weighted by molar-refractivity contribution is 5.92. The Labute approximate surface area is 154 Å². The zero-order chi connectivity index (χ0) is 18.8. The first-order chi connectivity index (χ1) is 12.6. The molecule has 0 bridgehead atoms. The Bertz CT molecular complexity index is 726. The Kier molecular flexibility index (Phi) is 7.68. The van der Waals surface area contributed by atoms with Gasteiger partial charge in [0.2, 0.25) is 11.8 Å². The lowest BCUT2D eigenvalue weighted by atomic mass is 10.1. The molecule has 0 aliphatic rings. The second kappa shape index (κ2) is 10.2. The highest BCUT2D eigenvalue weighted by atomic mass is 16.5. The number of carbonyl (C=O) groups excluding carboxylic acids is 2. The van der Waals surface area contributed by atoms with Crippen molar-refractivity contribution in [2.45, 2.75) is 39.0 Å². The molecular weight excluding hydrogens is 328 g/mol. The van der Waals surface area contributed by atoms with Crippen molar-refractivity contribution < 1.29 is 14.3 Å². The van der Waals surface area contributed by atoms with Gasteiger partial charge >= 0.3 is 0 Å². The molecule has 2 N–H and O–H groups in total. The van der Waals surface area contributed by atoms with E-state index >= 15 is 0 Å². The standard InChI is InChI=1S/C21H26N2O3/c1-16-12-14-17(15-13-16)22-20(24)10-4-3-5-11-21(25)23-18-8-6-7-9-19(18)26-2/h6-9,12-15H,3-5,10-11H2,1-2H3,(H,22,24)(H,23,25). The molecule has 0 heterocycles. The number of ether oxygens (including phenoxy) is 1. The van der Waals surface area contributed by atoms with Crippen LogP contribution in [0.15, 0.2) is 48.5 Å². The third-order valence-corrected chi connectivity index (χ3v) is 4.02. The molecule has 26 heavy (non-hydrogen) atoms. The van der Waals surface area contributed by atoms with Crippen LogP contribution in [-0.4, -0.2) is 18.9 Å². The minimum absolute atomic E-state index is 0.00678. The van der Waals surface area contributed by atoms with Crippen LogP contribution in [0.5, 0.6) is 5.75 Å². The van der Waals surface area contributed by atoms with Crippen molar-refractivity contribution in [3.05, 3.63) is 54.1 Å². The Morgan fingerprint density at radius 2 is 1.46 bits per heavy atom. The SMILES string of the molecule is COc1ccccc1NC(=O)CCCCCC(=O)Nc1ccc(C)cc1. The van der Waals surface area contributed by atoms with E-state index in [-0.39, 0.29) is 11.8 Å². The van der Waals surface area contributed by atoms with Crippen LogP contribution in [0.2, 0.25) is 0 Å². The molecule has 0 aromatic heterocycles. The monoisotopic (exact) mass is 354 g/mol. The van der Waals surface area contributed by atoms with Crippen molar-refractivity contribution in [3.8, 4) is 5.75 Å². The first kappa shape index (κ1) is 19.5. The maximum atomic E-state index is 12.0. The van der Waals surface area contributed by atoms with Gasteiger partial charge in [0.1, 0.15) is 5.75 Å². The van der Waals surface area contributed by atoms with Gasteiger partial charge in [-0.3, -0.25) is 9.59 Å². The first-order valence-electron chi connectivity index (χ1n) is 8.88. The largest absolute Gasteiger partial charge is 0.495 e. The zero-order valence-corrected chi connectivity index (χ0v) is 15.4. The van der Waals surface area contributed by atoms with Gasteiger partial charge in [0.25, 0.3) is 0 Å². The summed E-state index contributed by atoms with van der Waals surface area (Å²) in [6.07, 6.45) is 3.23. The van der Waals surface area contributed by atoms with Gasteiger partial charge in [-0.1, -0.05) is 36.2 Å². The minimum Gasteiger partial charge on any atom is -0.495 e. The predicted molar refractivity (Wildman–Crippen MR) is 105 cm³/mol. The van der Waals surface area contributed by atoms with Crippen LogP contribution >= 0.6 is 0 Å². The summed E-state index contributed by atoms with van der Waals surface area (Å²) in [6, 6.07) is 15.1. The highest BCUT2D eigenvalue weighted by Gasteiger charge is 2.07. The lowest BCUT2D eigenvalue weighted by Gasteiger charge is -2.09. The predicted octanol–water partition coefficient (Wildman–Crippen LogP) is 4.53. The molecule has 5 heteroatoms. The molecule has 0 aliphatic carbocycles. The number of para-hydroxylation sites is 2. The molecule has 0 saturated heterocycles. The quantitative estimate of drug-likeness (QED) is 0.650. The number of unbranched alkanes of at least 4 members (excludes halogenated alkanes) is 2. The van der Waals surface area contributed by atoms with Crippen LogP contribution in [0.4, 0.5) is 11.4 Å². The maximum absolute atomic E-state index is 12.0. The van der Waals surface area contributed by atoms with Crippen LogP contribution in [0.25, 0.3) is 0 Å². The van der Waals surface area contributed by atoms with E-state index in [9.17, 15) is 9.59 Å². The zero-order valence-electron chi connectivity index (χ0n) is 15.4. The number of carbonyl (C=O) groups is 2. The molecule has 0 unspecified atom stereocenters. The van der Waals surface area contributed by atoms with Gasteiger partial charge < -0.3 is 15.4 Å². The molecule has 0 saturated carbocycles. The second-order valence-electron chi connectivity index (χ2n) is 6.22. The molecule has 2 rings (SSSR count). The van der Waals surface area contributed by atoms with Crippen LogP contribution in [0.1, 0.15) is 37.7 Å². The average Bonchev–Trinajstić information content (AvgIpc) is 2.64. The van der Waals surface area contributed by atoms with Crippen molar-refractivity contribution in [2.75, 3.05) is 17.7 Å². The summed E-state index contributed by atoms with van der Waals surface area (Å²) in [6.45, 7) is 2.01. The lowest BCUT2D eigenvalue weighted by molar-refractivity contribution is -0.116. The summed E-state index contributed by atoms with van der Waals surface area (Å²) >= 11 is 0. The van der Waals surface area contributed by atoms with Crippen LogP contribution in [0.3, 0.4) is 0 Å². The van der Waals surface area contributed by atoms with E-state index in [1.165, 1.54) is 0 Å². The van der Waals surface area contributed by atoms with Crippen molar-refractivity contribution in [1.82, 2.24) is 0 Å². The molecule has 0 atom stereocenters. The van der Waals surface area contributed by atoms with Gasteiger partial charge in [0.05, 0.1) is 12.8 Å². The molecule has 0 aliphatic heterocycles. The van der Waals surface area contributed by atoms with E-state index in [2.05, 4.69) is 10.6 Å². The van der Waals surface area contributed by atoms with E-state index in [0.717, 1.165) is 30.5 Å². The van der Waals surface area contributed by atoms with Gasteiger partial charge in [0, 0.05) is 18.5 Å². The molecular formula is C21H26N2O3. The van der Waals surface area contributed by atoms with Crippen molar-refractivity contribution >= 4 is 23.2 Å². The molecule has 0 fully saturated rings. The van der Waals surface area contributed by atoms with Crippen LogP contribution < -0.4 is 15.4 Å². The van der Waals surface area contributed by atoms with E-state index in [1.54, 1.807) is 7.11 Å². The number of rotatable bonds is 9. The van der Waals surface area contributed by atoms with Gasteiger partial charge in [-0.25, -0.2) is 0 Å². The molecule has 2 amide bonds. The molecule has 0 spiro atoms. The molecule has 2 aromatic rings. The smallest absolute Gasteiger partial charge is 0.224 e. The summed E-state index contributed by atoms with van der Waals surface area (Å²) in [5.74, 6) is 0.611. The fourth-order valence-electron chi connectivity index (χ4n) is 2.57. The summed E-state index contributed by atoms with van der Waals surface area (Å²) in [5.41, 5.74) is 2.66. The summed E-state index contributed by atoms with van der Waals surface area (Å²) in [4.78, 5) is 23.9. The van der Waals surface area contributed by atoms with Crippen LogP contribution in [0, 0.1) is 6.92 Å². The second-order valence-corrected chi connectivity index (χ2v) is 6.22. The third kappa shape index (κ3) is 6.59. The molecule has 138 valence electrons. The highest BCUT2D eigenvalue weighted by Crippen LogP contribution is 2.23. The molecule has 2 aromatic carbocycles. The minimum atomic E-state index is -0.0430. The number of aryl methyl sites for hydroxylation is 1. The Morgan fingerprint density at radius 1 is 0.846 bits per heavy atom. The topological polar surface area (TPSA) is 67.4 Å². The first-order valence-corrected chi connectivity index (χ1v) is 8.88. The summed E-state index contributed by atoms with van der Waals surface area (Å²) < 4.78 is 5.21. The fraction of sp³-hybridized carbons (Fsp3) is 0.333. The number of hydrogen-bond donors (Lipinski definition) is 2. The number of methoxy groups -OCH3 is 1. The number of nitrogens with one attached hydrogen (secondary N) is 2. The Hall–Kier alpha value is -2.82. The Balaban J connectivity index is 1.61. The van der Waals surface area contributed by atoms with Gasteiger partial charge in [0.15, 0.2) is 0 Å².